The number of hydrogen-bond acceptors (Lipinski definition) is 3. The van der Waals surface area contributed by atoms with E-state index in [2.05, 4.69) is 5.32 Å². The van der Waals surface area contributed by atoms with Crippen LogP contribution in [-0.2, 0) is 4.74 Å². The van der Waals surface area contributed by atoms with Gasteiger partial charge < -0.3 is 15.2 Å². The van der Waals surface area contributed by atoms with Gasteiger partial charge in [0.1, 0.15) is 0 Å². The van der Waals surface area contributed by atoms with Crippen LogP contribution in [0.1, 0.15) is 32.1 Å². The second-order valence-corrected chi connectivity index (χ2v) is 5.38. The first-order valence-electron chi connectivity index (χ1n) is 5.80. The minimum Gasteiger partial charge on any atom is -0.390 e. The topological polar surface area (TPSA) is 41.5 Å². The molecule has 2 saturated heterocycles. The van der Waals surface area contributed by atoms with Crippen molar-refractivity contribution in [2.24, 2.45) is 5.92 Å². The van der Waals surface area contributed by atoms with Gasteiger partial charge in [0.05, 0.1) is 18.8 Å². The van der Waals surface area contributed by atoms with Gasteiger partial charge in [-0.05, 0) is 25.2 Å². The van der Waals surface area contributed by atoms with Gasteiger partial charge in [-0.2, -0.15) is 0 Å². The van der Waals surface area contributed by atoms with Crippen molar-refractivity contribution in [3.8, 4) is 0 Å². The van der Waals surface area contributed by atoms with Crippen molar-refractivity contribution in [3.63, 3.8) is 0 Å². The second kappa shape index (κ2) is 3.19. The molecule has 0 aromatic rings. The number of rotatable bonds is 2. The van der Waals surface area contributed by atoms with E-state index < -0.39 is 0 Å². The Balaban J connectivity index is 1.67. The van der Waals surface area contributed by atoms with Crippen LogP contribution in [0.25, 0.3) is 0 Å². The van der Waals surface area contributed by atoms with Crippen LogP contribution in [0.5, 0.6) is 0 Å². The molecule has 0 aromatic heterocycles. The molecule has 0 radical (unpaired) electrons. The molecule has 3 fully saturated rings. The summed E-state index contributed by atoms with van der Waals surface area (Å²) < 4.78 is 5.48. The van der Waals surface area contributed by atoms with Crippen LogP contribution in [0.2, 0.25) is 0 Å². The fraction of sp³-hybridized carbons (Fsp3) is 1.00. The van der Waals surface area contributed by atoms with Crippen LogP contribution in [0.15, 0.2) is 0 Å². The van der Waals surface area contributed by atoms with Crippen LogP contribution >= 0.6 is 0 Å². The number of nitrogens with one attached hydrogen (secondary N) is 1. The van der Waals surface area contributed by atoms with Crippen molar-refractivity contribution >= 4 is 0 Å². The largest absolute Gasteiger partial charge is 0.390 e. The standard InChI is InChI=1S/C11H19NO2/c13-11(3-8-1-2-8)4-9-6-14-7-10(5-11)12-9/h8-10,12-13H,1-7H2. The Hall–Kier alpha value is -0.120. The van der Waals surface area contributed by atoms with Gasteiger partial charge in [-0.25, -0.2) is 0 Å². The summed E-state index contributed by atoms with van der Waals surface area (Å²) in [7, 11) is 0. The molecule has 2 heterocycles. The molecular weight excluding hydrogens is 178 g/mol. The number of morpholine rings is 1. The highest BCUT2D eigenvalue weighted by atomic mass is 16.5. The average molecular weight is 197 g/mol. The van der Waals surface area contributed by atoms with Crippen LogP contribution in [0.3, 0.4) is 0 Å². The molecule has 2 unspecified atom stereocenters. The lowest BCUT2D eigenvalue weighted by atomic mass is 9.79. The van der Waals surface area contributed by atoms with Gasteiger partial charge in [0.25, 0.3) is 0 Å². The zero-order chi connectivity index (χ0) is 9.60. The van der Waals surface area contributed by atoms with E-state index >= 15 is 0 Å². The minimum absolute atomic E-state index is 0.383. The van der Waals surface area contributed by atoms with Crippen molar-refractivity contribution in [1.82, 2.24) is 5.32 Å². The highest BCUT2D eigenvalue weighted by molar-refractivity contribution is 4.99. The number of aliphatic hydroxyl groups is 1. The Bertz CT molecular complexity index is 215. The summed E-state index contributed by atoms with van der Waals surface area (Å²) in [5.41, 5.74) is -0.383. The molecule has 80 valence electrons. The lowest BCUT2D eigenvalue weighted by molar-refractivity contribution is -0.0823. The Morgan fingerprint density at radius 3 is 2.43 bits per heavy atom. The van der Waals surface area contributed by atoms with Crippen LogP contribution < -0.4 is 5.32 Å². The van der Waals surface area contributed by atoms with E-state index in [4.69, 9.17) is 4.74 Å². The Kier molecular flexibility index (Phi) is 2.08. The molecule has 0 aromatic carbocycles. The van der Waals surface area contributed by atoms with Gasteiger partial charge in [-0.1, -0.05) is 12.8 Å². The van der Waals surface area contributed by atoms with Crippen molar-refractivity contribution in [2.75, 3.05) is 13.2 Å². The van der Waals surface area contributed by atoms with Crippen LogP contribution in [-0.4, -0.2) is 36.0 Å². The van der Waals surface area contributed by atoms with Crippen molar-refractivity contribution in [3.05, 3.63) is 0 Å². The average Bonchev–Trinajstić information content (AvgIpc) is 2.86. The van der Waals surface area contributed by atoms with E-state index in [0.29, 0.717) is 12.1 Å². The summed E-state index contributed by atoms with van der Waals surface area (Å²) in [6.07, 6.45) is 5.48. The summed E-state index contributed by atoms with van der Waals surface area (Å²) >= 11 is 0. The molecule has 1 aliphatic carbocycles. The maximum Gasteiger partial charge on any atom is 0.0681 e. The maximum atomic E-state index is 10.5. The summed E-state index contributed by atoms with van der Waals surface area (Å²) in [4.78, 5) is 0. The lowest BCUT2D eigenvalue weighted by Gasteiger charge is -2.45. The van der Waals surface area contributed by atoms with Gasteiger partial charge in [0.2, 0.25) is 0 Å². The predicted molar refractivity (Wildman–Crippen MR) is 53.1 cm³/mol. The zero-order valence-corrected chi connectivity index (χ0v) is 8.54. The molecule has 2 atom stereocenters. The van der Waals surface area contributed by atoms with E-state index in [9.17, 15) is 5.11 Å². The summed E-state index contributed by atoms with van der Waals surface area (Å²) in [5.74, 6) is 0.819. The second-order valence-electron chi connectivity index (χ2n) is 5.38. The zero-order valence-electron chi connectivity index (χ0n) is 8.54. The number of hydrogen-bond donors (Lipinski definition) is 2. The third-order valence-electron chi connectivity index (χ3n) is 3.73. The molecule has 0 amide bonds. The van der Waals surface area contributed by atoms with Gasteiger partial charge in [-0.3, -0.25) is 0 Å². The fourth-order valence-electron chi connectivity index (χ4n) is 3.04. The molecular formula is C11H19NO2. The summed E-state index contributed by atoms with van der Waals surface area (Å²) in [5, 5.41) is 14.0. The first-order valence-corrected chi connectivity index (χ1v) is 5.80. The van der Waals surface area contributed by atoms with E-state index in [1.807, 2.05) is 0 Å². The Morgan fingerprint density at radius 1 is 1.21 bits per heavy atom. The summed E-state index contributed by atoms with van der Waals surface area (Å²) in [6, 6.07) is 0.789. The van der Waals surface area contributed by atoms with E-state index in [1.54, 1.807) is 0 Å². The van der Waals surface area contributed by atoms with Crippen LogP contribution in [0, 0.1) is 5.92 Å². The molecule has 2 aliphatic heterocycles. The number of piperidine rings is 1. The summed E-state index contributed by atoms with van der Waals surface area (Å²) in [6.45, 7) is 1.56. The highest BCUT2D eigenvalue weighted by Crippen LogP contribution is 2.41. The van der Waals surface area contributed by atoms with E-state index in [0.717, 1.165) is 38.4 Å². The van der Waals surface area contributed by atoms with Gasteiger partial charge in [0, 0.05) is 12.1 Å². The van der Waals surface area contributed by atoms with Crippen LogP contribution in [0.4, 0.5) is 0 Å². The molecule has 3 rings (SSSR count). The van der Waals surface area contributed by atoms with Gasteiger partial charge >= 0.3 is 0 Å². The Labute approximate surface area is 84.8 Å². The quantitative estimate of drug-likeness (QED) is 0.683. The minimum atomic E-state index is -0.383. The molecule has 2 N–H and O–H groups in total. The molecule has 1 saturated carbocycles. The van der Waals surface area contributed by atoms with Gasteiger partial charge in [-0.15, -0.1) is 0 Å². The first kappa shape index (κ1) is 9.13. The molecule has 14 heavy (non-hydrogen) atoms. The SMILES string of the molecule is OC1(CC2CC2)CC2COCC(C1)N2. The third-order valence-corrected chi connectivity index (χ3v) is 3.73. The lowest BCUT2D eigenvalue weighted by Crippen LogP contribution is -2.59. The van der Waals surface area contributed by atoms with Crippen molar-refractivity contribution in [2.45, 2.75) is 49.8 Å². The van der Waals surface area contributed by atoms with Crippen molar-refractivity contribution < 1.29 is 9.84 Å². The van der Waals surface area contributed by atoms with Gasteiger partial charge in [0.15, 0.2) is 0 Å². The van der Waals surface area contributed by atoms with E-state index in [-0.39, 0.29) is 5.60 Å². The molecule has 3 heteroatoms. The molecule has 3 aliphatic rings. The monoisotopic (exact) mass is 197 g/mol. The maximum absolute atomic E-state index is 10.5. The first-order chi connectivity index (χ1) is 6.73. The Morgan fingerprint density at radius 2 is 1.86 bits per heavy atom. The number of fused-ring (bicyclic) bond motifs is 2. The predicted octanol–water partition coefficient (Wildman–Crippen LogP) is 0.668. The number of ether oxygens (including phenoxy) is 1. The molecule has 2 bridgehead atoms. The third kappa shape index (κ3) is 1.81. The molecule has 0 spiro atoms. The van der Waals surface area contributed by atoms with Crippen molar-refractivity contribution in [1.29, 1.82) is 0 Å². The molecule has 3 nitrogen and oxygen atoms in total. The van der Waals surface area contributed by atoms with E-state index in [1.165, 1.54) is 12.8 Å². The fourth-order valence-corrected chi connectivity index (χ4v) is 3.04. The smallest absolute Gasteiger partial charge is 0.0681 e. The normalized spacial score (nSPS) is 47.8. The highest BCUT2D eigenvalue weighted by Gasteiger charge is 2.43.